The maximum Gasteiger partial charge on any atom is 0.344 e. The molecule has 2 heterocycles. The molecule has 1 N–H and O–H groups in total. The Labute approximate surface area is 123 Å². The van der Waals surface area contributed by atoms with Crippen molar-refractivity contribution in [2.45, 2.75) is 20.3 Å². The van der Waals surface area contributed by atoms with Gasteiger partial charge in [0.25, 0.3) is 11.5 Å². The van der Waals surface area contributed by atoms with E-state index in [1.165, 1.54) is 18.3 Å². The van der Waals surface area contributed by atoms with Crippen molar-refractivity contribution in [1.29, 1.82) is 0 Å². The number of nitrogens with zero attached hydrogens (tertiary/aromatic N) is 1. The van der Waals surface area contributed by atoms with Gasteiger partial charge < -0.3 is 14.6 Å². The zero-order valence-electron chi connectivity index (χ0n) is 12.3. The van der Waals surface area contributed by atoms with Crippen molar-refractivity contribution in [1.82, 2.24) is 9.88 Å². The monoisotopic (exact) mass is 292 g/mol. The minimum absolute atomic E-state index is 0.0920. The molecule has 2 rings (SSSR count). The third-order valence-electron chi connectivity index (χ3n) is 3.59. The molecule has 0 saturated carbocycles. The highest BCUT2D eigenvalue weighted by molar-refractivity contribution is 5.90. The van der Waals surface area contributed by atoms with Crippen molar-refractivity contribution >= 4 is 11.9 Å². The third kappa shape index (κ3) is 3.93. The summed E-state index contributed by atoms with van der Waals surface area (Å²) in [6, 6.07) is 2.91. The highest BCUT2D eigenvalue weighted by atomic mass is 16.5. The van der Waals surface area contributed by atoms with Gasteiger partial charge >= 0.3 is 5.97 Å². The number of esters is 1. The molecule has 0 aromatic carbocycles. The number of amides is 1. The molecule has 0 spiro atoms. The lowest BCUT2D eigenvalue weighted by molar-refractivity contribution is -0.137. The lowest BCUT2D eigenvalue weighted by Crippen LogP contribution is -2.44. The van der Waals surface area contributed by atoms with Crippen molar-refractivity contribution in [3.05, 3.63) is 34.2 Å². The van der Waals surface area contributed by atoms with Gasteiger partial charge in [0.1, 0.15) is 5.56 Å². The van der Waals surface area contributed by atoms with Gasteiger partial charge in [-0.25, -0.2) is 4.79 Å². The summed E-state index contributed by atoms with van der Waals surface area (Å²) in [6.45, 7) is 5.25. The lowest BCUT2D eigenvalue weighted by Gasteiger charge is -2.34. The summed E-state index contributed by atoms with van der Waals surface area (Å²) in [5.74, 6) is -0.0897. The molecule has 0 aliphatic carbocycles. The number of H-pyrrole nitrogens is 1. The summed E-state index contributed by atoms with van der Waals surface area (Å²) in [6.07, 6.45) is 2.53. The second-order valence-corrected chi connectivity index (χ2v) is 5.73. The number of rotatable bonds is 3. The van der Waals surface area contributed by atoms with Gasteiger partial charge in [-0.15, -0.1) is 0 Å². The van der Waals surface area contributed by atoms with Gasteiger partial charge in [0.15, 0.2) is 6.61 Å². The van der Waals surface area contributed by atoms with Crippen LogP contribution in [0, 0.1) is 11.8 Å². The molecule has 1 aromatic rings. The first-order valence-electron chi connectivity index (χ1n) is 7.10. The zero-order chi connectivity index (χ0) is 15.4. The third-order valence-corrected chi connectivity index (χ3v) is 3.59. The SMILES string of the molecule is C[C@@H]1C[C@@H](C)CN(C(=O)COC(=O)c2ccc[nH]c2=O)C1. The Kier molecular flexibility index (Phi) is 4.77. The fourth-order valence-corrected chi connectivity index (χ4v) is 2.75. The highest BCUT2D eigenvalue weighted by Gasteiger charge is 2.26. The molecule has 6 nitrogen and oxygen atoms in total. The Bertz CT molecular complexity index is 571. The molecular weight excluding hydrogens is 272 g/mol. The van der Waals surface area contributed by atoms with Crippen molar-refractivity contribution in [3.8, 4) is 0 Å². The number of ether oxygens (including phenoxy) is 1. The number of nitrogens with one attached hydrogen (secondary N) is 1. The zero-order valence-corrected chi connectivity index (χ0v) is 12.3. The fraction of sp³-hybridized carbons (Fsp3) is 0.533. The van der Waals surface area contributed by atoms with Crippen LogP contribution in [0.25, 0.3) is 0 Å². The van der Waals surface area contributed by atoms with E-state index in [1.54, 1.807) is 4.90 Å². The topological polar surface area (TPSA) is 79.5 Å². The average molecular weight is 292 g/mol. The number of aromatic amines is 1. The molecule has 114 valence electrons. The maximum absolute atomic E-state index is 12.1. The van der Waals surface area contributed by atoms with Crippen molar-refractivity contribution < 1.29 is 14.3 Å². The predicted octanol–water partition coefficient (Wildman–Crippen LogP) is 1.04. The molecule has 0 bridgehead atoms. The van der Waals surface area contributed by atoms with Gasteiger partial charge in [-0.1, -0.05) is 13.8 Å². The van der Waals surface area contributed by atoms with Crippen LogP contribution in [0.5, 0.6) is 0 Å². The molecule has 1 aromatic heterocycles. The first-order chi connectivity index (χ1) is 9.97. The van der Waals surface area contributed by atoms with E-state index in [9.17, 15) is 14.4 Å². The van der Waals surface area contributed by atoms with Gasteiger partial charge in [0.2, 0.25) is 0 Å². The first kappa shape index (κ1) is 15.3. The quantitative estimate of drug-likeness (QED) is 0.844. The van der Waals surface area contributed by atoms with Crippen LogP contribution in [0.3, 0.4) is 0 Å². The summed E-state index contributed by atoms with van der Waals surface area (Å²) < 4.78 is 4.94. The normalized spacial score (nSPS) is 21.9. The van der Waals surface area contributed by atoms with Crippen LogP contribution in [0.2, 0.25) is 0 Å². The molecule has 6 heteroatoms. The Balaban J connectivity index is 1.91. The molecular formula is C15H20N2O4. The molecule has 2 atom stereocenters. The molecule has 1 fully saturated rings. The van der Waals surface area contributed by atoms with Gasteiger partial charge in [-0.3, -0.25) is 9.59 Å². The number of hydrogen-bond acceptors (Lipinski definition) is 4. The fourth-order valence-electron chi connectivity index (χ4n) is 2.75. The molecule has 0 unspecified atom stereocenters. The van der Waals surface area contributed by atoms with Crippen LogP contribution < -0.4 is 5.56 Å². The average Bonchev–Trinajstić information content (AvgIpc) is 2.43. The van der Waals surface area contributed by atoms with Crippen LogP contribution in [0.1, 0.15) is 30.6 Å². The first-order valence-corrected chi connectivity index (χ1v) is 7.10. The van der Waals surface area contributed by atoms with E-state index in [2.05, 4.69) is 18.8 Å². The summed E-state index contributed by atoms with van der Waals surface area (Å²) >= 11 is 0. The van der Waals surface area contributed by atoms with E-state index in [0.717, 1.165) is 6.42 Å². The number of likely N-dealkylation sites (tertiary alicyclic amines) is 1. The molecule has 1 saturated heterocycles. The smallest absolute Gasteiger partial charge is 0.344 e. The number of piperidine rings is 1. The minimum atomic E-state index is -0.775. The number of carbonyl (C=O) groups is 2. The Morgan fingerprint density at radius 1 is 1.33 bits per heavy atom. The van der Waals surface area contributed by atoms with E-state index < -0.39 is 11.5 Å². The summed E-state index contributed by atoms with van der Waals surface area (Å²) in [5, 5.41) is 0. The van der Waals surface area contributed by atoms with E-state index >= 15 is 0 Å². The van der Waals surface area contributed by atoms with Gasteiger partial charge in [0.05, 0.1) is 0 Å². The standard InChI is InChI=1S/C15H20N2O4/c1-10-6-11(2)8-17(7-10)13(18)9-21-15(20)12-4-3-5-16-14(12)19/h3-5,10-11H,6-9H2,1-2H3,(H,16,19)/t10-,11-/m1/s1. The minimum Gasteiger partial charge on any atom is -0.452 e. The Morgan fingerprint density at radius 3 is 2.62 bits per heavy atom. The Hall–Kier alpha value is -2.11. The van der Waals surface area contributed by atoms with Crippen molar-refractivity contribution in [3.63, 3.8) is 0 Å². The van der Waals surface area contributed by atoms with Crippen LogP contribution >= 0.6 is 0 Å². The number of hydrogen-bond donors (Lipinski definition) is 1. The van der Waals surface area contributed by atoms with E-state index in [4.69, 9.17) is 4.74 Å². The van der Waals surface area contributed by atoms with E-state index in [0.29, 0.717) is 24.9 Å². The second-order valence-electron chi connectivity index (χ2n) is 5.73. The predicted molar refractivity (Wildman–Crippen MR) is 76.9 cm³/mol. The molecule has 1 amide bonds. The van der Waals surface area contributed by atoms with E-state index in [1.807, 2.05) is 0 Å². The van der Waals surface area contributed by atoms with Crippen LogP contribution in [0.15, 0.2) is 23.1 Å². The summed E-state index contributed by atoms with van der Waals surface area (Å²) in [4.78, 5) is 39.4. The second kappa shape index (κ2) is 6.56. The molecule has 0 radical (unpaired) electrons. The van der Waals surface area contributed by atoms with Crippen LogP contribution in [0.4, 0.5) is 0 Å². The molecule has 1 aliphatic heterocycles. The lowest BCUT2D eigenvalue weighted by atomic mass is 9.92. The van der Waals surface area contributed by atoms with Gasteiger partial charge in [0, 0.05) is 19.3 Å². The van der Waals surface area contributed by atoms with Gasteiger partial charge in [-0.05, 0) is 30.4 Å². The Morgan fingerprint density at radius 2 is 2.00 bits per heavy atom. The van der Waals surface area contributed by atoms with Crippen molar-refractivity contribution in [2.24, 2.45) is 11.8 Å². The summed E-state index contributed by atoms with van der Waals surface area (Å²) in [7, 11) is 0. The highest BCUT2D eigenvalue weighted by Crippen LogP contribution is 2.20. The summed E-state index contributed by atoms with van der Waals surface area (Å²) in [5.41, 5.74) is -0.610. The maximum atomic E-state index is 12.1. The number of carbonyl (C=O) groups excluding carboxylic acids is 2. The molecule has 21 heavy (non-hydrogen) atoms. The number of aromatic nitrogens is 1. The van der Waals surface area contributed by atoms with E-state index in [-0.39, 0.29) is 18.1 Å². The van der Waals surface area contributed by atoms with Crippen LogP contribution in [-0.4, -0.2) is 41.5 Å². The van der Waals surface area contributed by atoms with Crippen LogP contribution in [-0.2, 0) is 9.53 Å². The number of pyridine rings is 1. The van der Waals surface area contributed by atoms with Crippen molar-refractivity contribution in [2.75, 3.05) is 19.7 Å². The van der Waals surface area contributed by atoms with Gasteiger partial charge in [-0.2, -0.15) is 0 Å². The molecule has 1 aliphatic rings. The largest absolute Gasteiger partial charge is 0.452 e.